The van der Waals surface area contributed by atoms with Gasteiger partial charge in [-0.25, -0.2) is 0 Å². The first-order valence-corrected chi connectivity index (χ1v) is 11.4. The van der Waals surface area contributed by atoms with Crippen molar-refractivity contribution in [2.24, 2.45) is 0 Å². The summed E-state index contributed by atoms with van der Waals surface area (Å²) in [6.07, 6.45) is -4.56. The molecule has 0 aliphatic carbocycles. The largest absolute Gasteiger partial charge is 0.508 e. The fourth-order valence-corrected chi connectivity index (χ4v) is 5.10. The third-order valence-electron chi connectivity index (χ3n) is 6.13. The topological polar surface area (TPSA) is 69.1 Å². The number of aromatic amines is 1. The molecule has 4 rings (SSSR count). The predicted octanol–water partition coefficient (Wildman–Crippen LogP) is 6.51. The lowest BCUT2D eigenvalue weighted by Gasteiger charge is -2.38. The van der Waals surface area contributed by atoms with E-state index in [0.717, 1.165) is 16.5 Å². The van der Waals surface area contributed by atoms with E-state index in [9.17, 15) is 23.4 Å². The number of halogens is 3. The SMILES string of the molecule is Cc1nccc2[nH]c(CC(O)(CC(C)(C)c3cc(-c4ccsc4)ccc3O)C(F)(F)F)cc12. The average molecular weight is 475 g/mol. The summed E-state index contributed by atoms with van der Waals surface area (Å²) in [5, 5.41) is 26.1. The number of pyridine rings is 1. The van der Waals surface area contributed by atoms with E-state index in [0.29, 0.717) is 16.8 Å². The molecule has 1 unspecified atom stereocenters. The quantitative estimate of drug-likeness (QED) is 0.298. The first-order chi connectivity index (χ1) is 15.4. The molecule has 0 amide bonds. The molecule has 4 nitrogen and oxygen atoms in total. The number of hydrogen-bond acceptors (Lipinski definition) is 4. The van der Waals surface area contributed by atoms with Gasteiger partial charge < -0.3 is 15.2 Å². The Morgan fingerprint density at radius 1 is 1.06 bits per heavy atom. The van der Waals surface area contributed by atoms with Crippen molar-refractivity contribution in [2.75, 3.05) is 0 Å². The van der Waals surface area contributed by atoms with Gasteiger partial charge in [-0.2, -0.15) is 24.5 Å². The summed E-state index contributed by atoms with van der Waals surface area (Å²) in [5.74, 6) is -0.101. The van der Waals surface area contributed by atoms with Crippen molar-refractivity contribution in [2.45, 2.75) is 50.8 Å². The number of H-pyrrole nitrogens is 1. The lowest BCUT2D eigenvalue weighted by atomic mass is 9.72. The van der Waals surface area contributed by atoms with Gasteiger partial charge in [0.2, 0.25) is 0 Å². The second kappa shape index (κ2) is 8.18. The highest BCUT2D eigenvalue weighted by Crippen LogP contribution is 2.45. The van der Waals surface area contributed by atoms with E-state index in [1.807, 2.05) is 16.8 Å². The fourth-order valence-electron chi connectivity index (χ4n) is 4.44. The smallest absolute Gasteiger partial charge is 0.417 e. The van der Waals surface area contributed by atoms with Gasteiger partial charge in [0, 0.05) is 40.5 Å². The number of benzene rings is 1. The highest BCUT2D eigenvalue weighted by atomic mass is 32.1. The Labute approximate surface area is 193 Å². The molecule has 0 bridgehead atoms. The number of aromatic nitrogens is 2. The van der Waals surface area contributed by atoms with Gasteiger partial charge in [-0.1, -0.05) is 19.9 Å². The van der Waals surface area contributed by atoms with Gasteiger partial charge in [-0.05, 0) is 71.0 Å². The molecule has 0 saturated carbocycles. The number of phenols is 1. The summed E-state index contributed by atoms with van der Waals surface area (Å²) in [6.45, 7) is 4.99. The van der Waals surface area contributed by atoms with E-state index in [4.69, 9.17) is 0 Å². The van der Waals surface area contributed by atoms with Crippen LogP contribution in [0, 0.1) is 6.92 Å². The highest BCUT2D eigenvalue weighted by molar-refractivity contribution is 7.08. The van der Waals surface area contributed by atoms with Crippen molar-refractivity contribution < 1.29 is 23.4 Å². The summed E-state index contributed by atoms with van der Waals surface area (Å²) in [7, 11) is 0. The Bertz CT molecular complexity index is 1280. The Morgan fingerprint density at radius 2 is 1.82 bits per heavy atom. The molecule has 0 aliphatic rings. The number of phenolic OH excluding ortho intramolecular Hbond substituents is 1. The maximum atomic E-state index is 14.2. The molecule has 0 saturated heterocycles. The van der Waals surface area contributed by atoms with Gasteiger partial charge in [-0.15, -0.1) is 0 Å². The molecule has 3 aromatic heterocycles. The van der Waals surface area contributed by atoms with E-state index in [1.54, 1.807) is 51.2 Å². The van der Waals surface area contributed by atoms with Crippen molar-refractivity contribution in [1.29, 1.82) is 0 Å². The number of thiophene rings is 1. The number of nitrogens with one attached hydrogen (secondary N) is 1. The third-order valence-corrected chi connectivity index (χ3v) is 6.81. The minimum atomic E-state index is -4.88. The Morgan fingerprint density at radius 3 is 2.45 bits per heavy atom. The Balaban J connectivity index is 1.70. The van der Waals surface area contributed by atoms with Crippen LogP contribution in [0.4, 0.5) is 13.2 Å². The molecule has 0 aliphatic heterocycles. The summed E-state index contributed by atoms with van der Waals surface area (Å²) in [4.78, 5) is 7.15. The molecule has 8 heteroatoms. The zero-order valence-corrected chi connectivity index (χ0v) is 19.3. The van der Waals surface area contributed by atoms with Crippen LogP contribution < -0.4 is 0 Å². The van der Waals surface area contributed by atoms with Crippen LogP contribution >= 0.6 is 11.3 Å². The van der Waals surface area contributed by atoms with Gasteiger partial charge >= 0.3 is 6.18 Å². The third kappa shape index (κ3) is 4.50. The van der Waals surface area contributed by atoms with Gasteiger partial charge in [0.25, 0.3) is 0 Å². The second-order valence-corrected chi connectivity index (χ2v) is 9.94. The number of aromatic hydroxyl groups is 1. The number of nitrogens with zero attached hydrogens (tertiary/aromatic N) is 1. The van der Waals surface area contributed by atoms with E-state index in [1.165, 1.54) is 17.4 Å². The molecular formula is C25H25F3N2O2S. The number of alkyl halides is 3. The number of fused-ring (bicyclic) bond motifs is 1. The second-order valence-electron chi connectivity index (χ2n) is 9.16. The van der Waals surface area contributed by atoms with Crippen molar-refractivity contribution in [3.63, 3.8) is 0 Å². The molecule has 1 atom stereocenters. The lowest BCUT2D eigenvalue weighted by molar-refractivity contribution is -0.266. The van der Waals surface area contributed by atoms with Gasteiger partial charge in [0.05, 0.1) is 0 Å². The Hall–Kier alpha value is -2.84. The van der Waals surface area contributed by atoms with Crippen LogP contribution in [0.15, 0.2) is 53.4 Å². The van der Waals surface area contributed by atoms with Crippen molar-refractivity contribution in [1.82, 2.24) is 9.97 Å². The number of rotatable bonds is 6. The van der Waals surface area contributed by atoms with Crippen LogP contribution in [0.25, 0.3) is 22.0 Å². The van der Waals surface area contributed by atoms with Gasteiger partial charge in [0.1, 0.15) is 5.75 Å². The summed E-state index contributed by atoms with van der Waals surface area (Å²) < 4.78 is 42.7. The lowest BCUT2D eigenvalue weighted by Crippen LogP contribution is -2.50. The fraction of sp³-hybridized carbons (Fsp3) is 0.320. The molecule has 1 aromatic carbocycles. The Kier molecular flexibility index (Phi) is 5.78. The van der Waals surface area contributed by atoms with Crippen molar-refractivity contribution >= 4 is 22.2 Å². The molecule has 3 N–H and O–H groups in total. The standard InChI is InChI=1S/C25H25F3N2O2S/c1-15-19-11-18(30-21(19)6-8-29-15)12-24(32,25(26,27)28)14-23(2,3)20-10-16(4-5-22(20)31)17-7-9-33-13-17/h4-11,13,30-32H,12,14H2,1-3H3. The van der Waals surface area contributed by atoms with Crippen LogP contribution in [0.2, 0.25) is 0 Å². The molecule has 33 heavy (non-hydrogen) atoms. The summed E-state index contributed by atoms with van der Waals surface area (Å²) in [6, 6.07) is 10.1. The molecular weight excluding hydrogens is 449 g/mol. The van der Waals surface area contributed by atoms with E-state index >= 15 is 0 Å². The maximum Gasteiger partial charge on any atom is 0.417 e. The normalized spacial score (nSPS) is 14.5. The van der Waals surface area contributed by atoms with Crippen molar-refractivity contribution in [3.8, 4) is 16.9 Å². The van der Waals surface area contributed by atoms with Crippen LogP contribution in [0.1, 0.15) is 37.2 Å². The first kappa shape index (κ1) is 23.3. The molecule has 174 valence electrons. The molecule has 0 radical (unpaired) electrons. The zero-order chi connectivity index (χ0) is 24.0. The highest BCUT2D eigenvalue weighted by Gasteiger charge is 2.56. The monoisotopic (exact) mass is 474 g/mol. The predicted molar refractivity (Wildman–Crippen MR) is 125 cm³/mol. The molecule has 3 heterocycles. The van der Waals surface area contributed by atoms with Crippen LogP contribution in [0.3, 0.4) is 0 Å². The van der Waals surface area contributed by atoms with Gasteiger partial charge in [0.15, 0.2) is 5.60 Å². The molecule has 4 aromatic rings. The average Bonchev–Trinajstić information content (AvgIpc) is 3.37. The van der Waals surface area contributed by atoms with Crippen LogP contribution in [-0.4, -0.2) is 32.0 Å². The number of aliphatic hydroxyl groups is 1. The van der Waals surface area contributed by atoms with Crippen LogP contribution in [-0.2, 0) is 11.8 Å². The zero-order valence-electron chi connectivity index (χ0n) is 18.5. The maximum absolute atomic E-state index is 14.2. The van der Waals surface area contributed by atoms with Gasteiger partial charge in [-0.3, -0.25) is 4.98 Å². The molecule has 0 fully saturated rings. The first-order valence-electron chi connectivity index (χ1n) is 10.5. The van der Waals surface area contributed by atoms with Crippen LogP contribution in [0.5, 0.6) is 5.75 Å². The minimum Gasteiger partial charge on any atom is -0.508 e. The summed E-state index contributed by atoms with van der Waals surface area (Å²) in [5.41, 5.74) is -0.480. The van der Waals surface area contributed by atoms with Crippen molar-refractivity contribution in [3.05, 3.63) is 70.3 Å². The van der Waals surface area contributed by atoms with E-state index in [-0.39, 0.29) is 11.4 Å². The summed E-state index contributed by atoms with van der Waals surface area (Å²) >= 11 is 1.51. The number of aryl methyl sites for hydroxylation is 1. The van der Waals surface area contributed by atoms with E-state index in [2.05, 4.69) is 9.97 Å². The molecule has 0 spiro atoms. The van der Waals surface area contributed by atoms with E-state index < -0.39 is 30.0 Å². The minimum absolute atomic E-state index is 0.101. The number of hydrogen-bond donors (Lipinski definition) is 3.